The molecule has 0 bridgehead atoms. The number of nitrogens with one attached hydrogen (secondary N) is 1. The fourth-order valence-electron chi connectivity index (χ4n) is 1.51. The minimum absolute atomic E-state index is 0.426. The van der Waals surface area contributed by atoms with Crippen molar-refractivity contribution in [1.29, 1.82) is 0 Å². The van der Waals surface area contributed by atoms with Crippen LogP contribution in [0.15, 0.2) is 24.4 Å². The molecular weight excluding hydrogens is 226 g/mol. The SMILES string of the molecule is COc1ccc(Cc2cnc(N)[nH]2)cc1Cl. The maximum Gasteiger partial charge on any atom is 0.197 e. The summed E-state index contributed by atoms with van der Waals surface area (Å²) in [4.78, 5) is 6.90. The van der Waals surface area contributed by atoms with E-state index in [1.54, 1.807) is 13.3 Å². The maximum atomic E-state index is 6.03. The van der Waals surface area contributed by atoms with E-state index in [2.05, 4.69) is 9.97 Å². The summed E-state index contributed by atoms with van der Waals surface area (Å²) in [5.41, 5.74) is 7.53. The van der Waals surface area contributed by atoms with Crippen molar-refractivity contribution in [2.45, 2.75) is 6.42 Å². The standard InChI is InChI=1S/C11H12ClN3O/c1-16-10-3-2-7(5-9(10)12)4-8-6-14-11(13)15-8/h2-3,5-6H,4H2,1H3,(H3,13,14,15). The summed E-state index contributed by atoms with van der Waals surface area (Å²) in [5, 5.41) is 0.604. The van der Waals surface area contributed by atoms with Crippen molar-refractivity contribution in [2.75, 3.05) is 12.8 Å². The Morgan fingerprint density at radius 3 is 2.88 bits per heavy atom. The predicted molar refractivity (Wildman–Crippen MR) is 63.8 cm³/mol. The summed E-state index contributed by atoms with van der Waals surface area (Å²) >= 11 is 6.03. The van der Waals surface area contributed by atoms with Crippen molar-refractivity contribution < 1.29 is 4.74 Å². The Labute approximate surface area is 98.4 Å². The number of ether oxygens (including phenoxy) is 1. The third-order valence-electron chi connectivity index (χ3n) is 2.26. The Hall–Kier alpha value is -1.68. The number of nitrogens with zero attached hydrogens (tertiary/aromatic N) is 1. The van der Waals surface area contributed by atoms with Gasteiger partial charge in [-0.15, -0.1) is 0 Å². The first kappa shape index (κ1) is 10.8. The molecule has 0 radical (unpaired) electrons. The highest BCUT2D eigenvalue weighted by molar-refractivity contribution is 6.32. The van der Waals surface area contributed by atoms with Crippen LogP contribution in [-0.4, -0.2) is 17.1 Å². The number of rotatable bonds is 3. The molecule has 5 heteroatoms. The Kier molecular flexibility index (Phi) is 3.01. The third kappa shape index (κ3) is 2.28. The molecule has 0 amide bonds. The topological polar surface area (TPSA) is 63.9 Å². The zero-order valence-corrected chi connectivity index (χ0v) is 9.58. The molecule has 0 spiro atoms. The smallest absolute Gasteiger partial charge is 0.197 e. The van der Waals surface area contributed by atoms with E-state index in [0.29, 0.717) is 23.1 Å². The normalized spacial score (nSPS) is 10.4. The summed E-state index contributed by atoms with van der Waals surface area (Å²) in [6.07, 6.45) is 2.43. The number of aromatic amines is 1. The Balaban J connectivity index is 2.19. The predicted octanol–water partition coefficient (Wildman–Crippen LogP) is 2.24. The number of benzene rings is 1. The summed E-state index contributed by atoms with van der Waals surface area (Å²) in [6.45, 7) is 0. The Morgan fingerprint density at radius 1 is 1.50 bits per heavy atom. The number of anilines is 1. The molecule has 0 unspecified atom stereocenters. The van der Waals surface area contributed by atoms with Crippen LogP contribution < -0.4 is 10.5 Å². The summed E-state index contributed by atoms with van der Waals surface area (Å²) in [6, 6.07) is 5.68. The van der Waals surface area contributed by atoms with Gasteiger partial charge in [0.2, 0.25) is 0 Å². The number of nitrogen functional groups attached to an aromatic ring is 1. The minimum Gasteiger partial charge on any atom is -0.495 e. The summed E-state index contributed by atoms with van der Waals surface area (Å²) < 4.78 is 5.08. The number of nitrogens with two attached hydrogens (primary N) is 1. The number of halogens is 1. The van der Waals surface area contributed by atoms with E-state index in [9.17, 15) is 0 Å². The molecule has 2 rings (SSSR count). The number of hydrogen-bond donors (Lipinski definition) is 2. The molecule has 0 aliphatic rings. The van der Waals surface area contributed by atoms with Crippen molar-refractivity contribution in [2.24, 2.45) is 0 Å². The lowest BCUT2D eigenvalue weighted by Crippen LogP contribution is -1.91. The van der Waals surface area contributed by atoms with Gasteiger partial charge in [-0.2, -0.15) is 0 Å². The van der Waals surface area contributed by atoms with E-state index in [0.717, 1.165) is 11.3 Å². The van der Waals surface area contributed by atoms with Gasteiger partial charge in [0.25, 0.3) is 0 Å². The van der Waals surface area contributed by atoms with E-state index in [-0.39, 0.29) is 0 Å². The Bertz CT molecular complexity index is 496. The van der Waals surface area contributed by atoms with Crippen LogP contribution in [0.25, 0.3) is 0 Å². The molecule has 0 atom stereocenters. The van der Waals surface area contributed by atoms with Gasteiger partial charge >= 0.3 is 0 Å². The lowest BCUT2D eigenvalue weighted by Gasteiger charge is -2.05. The van der Waals surface area contributed by atoms with Gasteiger partial charge in [0.15, 0.2) is 5.95 Å². The van der Waals surface area contributed by atoms with Crippen LogP contribution in [-0.2, 0) is 6.42 Å². The first-order valence-corrected chi connectivity index (χ1v) is 5.18. The van der Waals surface area contributed by atoms with Crippen LogP contribution >= 0.6 is 11.6 Å². The van der Waals surface area contributed by atoms with Crippen LogP contribution in [0.3, 0.4) is 0 Å². The largest absolute Gasteiger partial charge is 0.495 e. The highest BCUT2D eigenvalue weighted by Crippen LogP contribution is 2.25. The van der Waals surface area contributed by atoms with Gasteiger partial charge in [-0.1, -0.05) is 17.7 Å². The lowest BCUT2D eigenvalue weighted by atomic mass is 10.1. The first-order chi connectivity index (χ1) is 7.69. The van der Waals surface area contributed by atoms with Crippen molar-refractivity contribution in [3.05, 3.63) is 40.7 Å². The highest BCUT2D eigenvalue weighted by atomic mass is 35.5. The minimum atomic E-state index is 0.426. The van der Waals surface area contributed by atoms with Crippen LogP contribution in [0.1, 0.15) is 11.3 Å². The van der Waals surface area contributed by atoms with Gasteiger partial charge < -0.3 is 15.5 Å². The van der Waals surface area contributed by atoms with Crippen molar-refractivity contribution in [1.82, 2.24) is 9.97 Å². The molecule has 1 heterocycles. The van der Waals surface area contributed by atoms with E-state index in [4.69, 9.17) is 22.1 Å². The maximum absolute atomic E-state index is 6.03. The second kappa shape index (κ2) is 4.45. The van der Waals surface area contributed by atoms with E-state index >= 15 is 0 Å². The van der Waals surface area contributed by atoms with Gasteiger partial charge in [-0.25, -0.2) is 4.98 Å². The molecule has 0 aliphatic carbocycles. The second-order valence-corrected chi connectivity index (χ2v) is 3.85. The van der Waals surface area contributed by atoms with Gasteiger partial charge in [0.05, 0.1) is 18.3 Å². The average Bonchev–Trinajstić information content (AvgIpc) is 2.64. The number of hydrogen-bond acceptors (Lipinski definition) is 3. The number of aromatic nitrogens is 2. The molecule has 84 valence electrons. The van der Waals surface area contributed by atoms with E-state index in [1.165, 1.54) is 0 Å². The van der Waals surface area contributed by atoms with Crippen molar-refractivity contribution in [3.8, 4) is 5.75 Å². The number of H-pyrrole nitrogens is 1. The Morgan fingerprint density at radius 2 is 2.31 bits per heavy atom. The highest BCUT2D eigenvalue weighted by Gasteiger charge is 2.04. The number of methoxy groups -OCH3 is 1. The molecule has 0 saturated carbocycles. The molecule has 2 aromatic rings. The lowest BCUT2D eigenvalue weighted by molar-refractivity contribution is 0.415. The zero-order valence-electron chi connectivity index (χ0n) is 8.83. The monoisotopic (exact) mass is 237 g/mol. The van der Waals surface area contributed by atoms with Crippen LogP contribution in [0.4, 0.5) is 5.95 Å². The molecule has 4 nitrogen and oxygen atoms in total. The van der Waals surface area contributed by atoms with Gasteiger partial charge in [-0.05, 0) is 17.7 Å². The molecular formula is C11H12ClN3O. The molecule has 0 fully saturated rings. The van der Waals surface area contributed by atoms with Gasteiger partial charge in [-0.3, -0.25) is 0 Å². The molecule has 0 aliphatic heterocycles. The third-order valence-corrected chi connectivity index (χ3v) is 2.55. The van der Waals surface area contributed by atoms with E-state index < -0.39 is 0 Å². The van der Waals surface area contributed by atoms with Crippen molar-refractivity contribution in [3.63, 3.8) is 0 Å². The van der Waals surface area contributed by atoms with Crippen LogP contribution in [0, 0.1) is 0 Å². The molecule has 0 saturated heterocycles. The van der Waals surface area contributed by atoms with Crippen molar-refractivity contribution >= 4 is 17.5 Å². The zero-order chi connectivity index (χ0) is 11.5. The van der Waals surface area contributed by atoms with E-state index in [1.807, 2.05) is 18.2 Å². The molecule has 1 aromatic heterocycles. The average molecular weight is 238 g/mol. The van der Waals surface area contributed by atoms with Gasteiger partial charge in [0.1, 0.15) is 5.75 Å². The fraction of sp³-hybridized carbons (Fsp3) is 0.182. The second-order valence-electron chi connectivity index (χ2n) is 3.44. The number of imidazole rings is 1. The summed E-state index contributed by atoms with van der Waals surface area (Å²) in [5.74, 6) is 1.10. The quantitative estimate of drug-likeness (QED) is 0.861. The van der Waals surface area contributed by atoms with Gasteiger partial charge in [0, 0.05) is 12.1 Å². The molecule has 3 N–H and O–H groups in total. The van der Waals surface area contributed by atoms with Crippen LogP contribution in [0.5, 0.6) is 5.75 Å². The fourth-order valence-corrected chi connectivity index (χ4v) is 1.79. The molecule has 16 heavy (non-hydrogen) atoms. The first-order valence-electron chi connectivity index (χ1n) is 4.81. The summed E-state index contributed by atoms with van der Waals surface area (Å²) in [7, 11) is 1.59. The molecule has 1 aromatic carbocycles. The van der Waals surface area contributed by atoms with Crippen LogP contribution in [0.2, 0.25) is 5.02 Å².